The normalized spacial score (nSPS) is 16.6. The van der Waals surface area contributed by atoms with Crippen molar-refractivity contribution in [2.45, 2.75) is 12.5 Å². The number of anilines is 1. The van der Waals surface area contributed by atoms with Gasteiger partial charge in [-0.2, -0.15) is 0 Å². The van der Waals surface area contributed by atoms with Gasteiger partial charge < -0.3 is 15.6 Å². The number of rotatable bonds is 2. The Morgan fingerprint density at radius 3 is 2.80 bits per heavy atom. The fraction of sp³-hybridized carbons (Fsp3) is 0.133. The van der Waals surface area contributed by atoms with Gasteiger partial charge in [0.25, 0.3) is 0 Å². The molecular formula is C15H12BrNO3. The van der Waals surface area contributed by atoms with Crippen LogP contribution in [0.1, 0.15) is 27.6 Å². The van der Waals surface area contributed by atoms with E-state index in [2.05, 4.69) is 15.9 Å². The predicted octanol–water partition coefficient (Wildman–Crippen LogP) is 3.41. The van der Waals surface area contributed by atoms with Crippen LogP contribution in [-0.4, -0.2) is 11.1 Å². The van der Waals surface area contributed by atoms with Crippen LogP contribution in [0.25, 0.3) is 0 Å². The lowest BCUT2D eigenvalue weighted by Crippen LogP contribution is -2.10. The summed E-state index contributed by atoms with van der Waals surface area (Å²) in [5, 5.41) is 9.25. The van der Waals surface area contributed by atoms with Gasteiger partial charge in [-0.3, -0.25) is 0 Å². The van der Waals surface area contributed by atoms with Crippen LogP contribution < -0.4 is 10.5 Å². The van der Waals surface area contributed by atoms with Gasteiger partial charge in [-0.15, -0.1) is 0 Å². The van der Waals surface area contributed by atoms with E-state index in [1.54, 1.807) is 18.2 Å². The van der Waals surface area contributed by atoms with E-state index < -0.39 is 5.97 Å². The Hall–Kier alpha value is -2.01. The van der Waals surface area contributed by atoms with E-state index >= 15 is 0 Å². The first-order valence-electron chi connectivity index (χ1n) is 6.13. The Balaban J connectivity index is 2.01. The fourth-order valence-electron chi connectivity index (χ4n) is 2.46. The van der Waals surface area contributed by atoms with E-state index in [4.69, 9.17) is 10.5 Å². The lowest BCUT2D eigenvalue weighted by molar-refractivity contribution is 0.0692. The molecule has 3 rings (SSSR count). The van der Waals surface area contributed by atoms with Gasteiger partial charge in [0, 0.05) is 22.0 Å². The summed E-state index contributed by atoms with van der Waals surface area (Å²) in [5.74, 6) is -0.231. The minimum Gasteiger partial charge on any atom is -0.485 e. The summed E-state index contributed by atoms with van der Waals surface area (Å²) in [6, 6.07) is 10.6. The molecule has 1 unspecified atom stereocenters. The molecule has 1 aliphatic heterocycles. The Bertz CT molecular complexity index is 700. The van der Waals surface area contributed by atoms with Crippen molar-refractivity contribution in [1.82, 2.24) is 0 Å². The Morgan fingerprint density at radius 2 is 2.05 bits per heavy atom. The van der Waals surface area contributed by atoms with Crippen molar-refractivity contribution >= 4 is 27.6 Å². The Labute approximate surface area is 124 Å². The third kappa shape index (κ3) is 2.04. The number of hydrogen-bond donors (Lipinski definition) is 2. The van der Waals surface area contributed by atoms with Gasteiger partial charge in [-0.25, -0.2) is 4.79 Å². The van der Waals surface area contributed by atoms with Gasteiger partial charge in [0.1, 0.15) is 11.9 Å². The van der Waals surface area contributed by atoms with Gasteiger partial charge in [-0.1, -0.05) is 18.2 Å². The zero-order chi connectivity index (χ0) is 14.3. The van der Waals surface area contributed by atoms with E-state index in [-0.39, 0.29) is 11.7 Å². The summed E-state index contributed by atoms with van der Waals surface area (Å²) in [6.45, 7) is 0. The van der Waals surface area contributed by atoms with E-state index in [1.165, 1.54) is 0 Å². The number of nitrogens with two attached hydrogens (primary N) is 1. The molecule has 20 heavy (non-hydrogen) atoms. The molecule has 3 N–H and O–H groups in total. The molecule has 5 heteroatoms. The van der Waals surface area contributed by atoms with Crippen molar-refractivity contribution in [2.24, 2.45) is 0 Å². The van der Waals surface area contributed by atoms with Crippen molar-refractivity contribution in [3.63, 3.8) is 0 Å². The monoisotopic (exact) mass is 333 g/mol. The van der Waals surface area contributed by atoms with Crippen LogP contribution in [0.5, 0.6) is 5.75 Å². The number of nitrogen functional groups attached to an aromatic ring is 1. The molecule has 0 bridgehead atoms. The summed E-state index contributed by atoms with van der Waals surface area (Å²) in [6.07, 6.45) is 0.263. The number of benzene rings is 2. The molecule has 0 fully saturated rings. The molecule has 0 aromatic heterocycles. The van der Waals surface area contributed by atoms with Crippen molar-refractivity contribution in [3.8, 4) is 5.75 Å². The lowest BCUT2D eigenvalue weighted by atomic mass is 9.98. The molecule has 102 valence electrons. The van der Waals surface area contributed by atoms with Gasteiger partial charge >= 0.3 is 5.97 Å². The molecule has 0 saturated carbocycles. The highest BCUT2D eigenvalue weighted by atomic mass is 79.9. The molecule has 0 radical (unpaired) electrons. The van der Waals surface area contributed by atoms with Crippen LogP contribution in [0.2, 0.25) is 0 Å². The number of carboxylic acid groups (broad SMARTS) is 1. The number of ether oxygens (including phenoxy) is 1. The average molecular weight is 334 g/mol. The summed E-state index contributed by atoms with van der Waals surface area (Å²) in [4.78, 5) is 11.3. The van der Waals surface area contributed by atoms with Gasteiger partial charge in [0.2, 0.25) is 0 Å². The Kier molecular flexibility index (Phi) is 3.14. The maximum Gasteiger partial charge on any atom is 0.336 e. The molecule has 1 heterocycles. The molecule has 0 amide bonds. The third-order valence-electron chi connectivity index (χ3n) is 3.46. The van der Waals surface area contributed by atoms with Gasteiger partial charge in [0.15, 0.2) is 0 Å². The second kappa shape index (κ2) is 4.83. The number of fused-ring (bicyclic) bond motifs is 1. The summed E-state index contributed by atoms with van der Waals surface area (Å²) in [7, 11) is 0. The average Bonchev–Trinajstić information content (AvgIpc) is 2.88. The van der Waals surface area contributed by atoms with E-state index in [1.807, 2.05) is 18.2 Å². The molecule has 0 saturated heterocycles. The molecule has 2 aromatic rings. The predicted molar refractivity (Wildman–Crippen MR) is 79.0 cm³/mol. The highest BCUT2D eigenvalue weighted by Gasteiger charge is 2.29. The van der Waals surface area contributed by atoms with Crippen molar-refractivity contribution < 1.29 is 14.6 Å². The second-order valence-corrected chi connectivity index (χ2v) is 5.50. The van der Waals surface area contributed by atoms with Crippen LogP contribution in [-0.2, 0) is 6.42 Å². The lowest BCUT2D eigenvalue weighted by Gasteiger charge is -2.13. The second-order valence-electron chi connectivity index (χ2n) is 4.64. The van der Waals surface area contributed by atoms with E-state index in [0.29, 0.717) is 17.7 Å². The van der Waals surface area contributed by atoms with Crippen molar-refractivity contribution in [3.05, 3.63) is 57.6 Å². The molecule has 2 aromatic carbocycles. The van der Waals surface area contributed by atoms with Crippen molar-refractivity contribution in [1.29, 1.82) is 0 Å². The highest BCUT2D eigenvalue weighted by molar-refractivity contribution is 9.10. The molecule has 4 nitrogen and oxygen atoms in total. The van der Waals surface area contributed by atoms with Crippen LogP contribution in [0, 0.1) is 0 Å². The molecule has 0 spiro atoms. The van der Waals surface area contributed by atoms with Crippen LogP contribution in [0.4, 0.5) is 5.69 Å². The molecule has 1 aliphatic rings. The maximum atomic E-state index is 11.3. The largest absolute Gasteiger partial charge is 0.485 e. The Morgan fingerprint density at radius 1 is 1.30 bits per heavy atom. The number of hydrogen-bond acceptors (Lipinski definition) is 3. The highest BCUT2D eigenvalue weighted by Crippen LogP contribution is 2.42. The zero-order valence-corrected chi connectivity index (χ0v) is 12.1. The number of carbonyl (C=O) groups is 1. The zero-order valence-electron chi connectivity index (χ0n) is 10.5. The first-order valence-corrected chi connectivity index (χ1v) is 6.93. The van der Waals surface area contributed by atoms with Crippen LogP contribution in [0.3, 0.4) is 0 Å². The number of aromatic carboxylic acids is 1. The molecule has 1 atom stereocenters. The topological polar surface area (TPSA) is 72.6 Å². The standard InChI is InChI=1S/C15H12BrNO3/c16-11-5-6-12-10(14(11)17)7-13(20-12)8-3-1-2-4-9(8)15(18)19/h1-6,13H,7,17H2,(H,18,19). The minimum atomic E-state index is -0.950. The molecular weight excluding hydrogens is 322 g/mol. The number of halogens is 1. The van der Waals surface area contributed by atoms with E-state index in [0.717, 1.165) is 15.8 Å². The van der Waals surface area contributed by atoms with Gasteiger partial charge in [-0.05, 0) is 34.1 Å². The van der Waals surface area contributed by atoms with Crippen LogP contribution in [0.15, 0.2) is 40.9 Å². The molecule has 0 aliphatic carbocycles. The summed E-state index contributed by atoms with van der Waals surface area (Å²) < 4.78 is 6.68. The smallest absolute Gasteiger partial charge is 0.336 e. The van der Waals surface area contributed by atoms with Crippen LogP contribution >= 0.6 is 15.9 Å². The van der Waals surface area contributed by atoms with E-state index in [9.17, 15) is 9.90 Å². The first-order chi connectivity index (χ1) is 9.58. The van der Waals surface area contributed by atoms with Crippen molar-refractivity contribution in [2.75, 3.05) is 5.73 Å². The first kappa shape index (κ1) is 13.0. The maximum absolute atomic E-state index is 11.3. The fourth-order valence-corrected chi connectivity index (χ4v) is 2.83. The SMILES string of the molecule is Nc1c(Br)ccc2c1CC(c1ccccc1C(=O)O)O2. The minimum absolute atomic E-state index is 0.267. The van der Waals surface area contributed by atoms with Gasteiger partial charge in [0.05, 0.1) is 11.3 Å². The quantitative estimate of drug-likeness (QED) is 0.826. The third-order valence-corrected chi connectivity index (χ3v) is 4.15. The summed E-state index contributed by atoms with van der Waals surface area (Å²) >= 11 is 3.39. The number of carboxylic acids is 1. The summed E-state index contributed by atoms with van der Waals surface area (Å²) in [5.41, 5.74) is 8.54.